The molecule has 1 atom stereocenters. The van der Waals surface area contributed by atoms with Crippen LogP contribution in [0.2, 0.25) is 0 Å². The molecule has 0 aromatic carbocycles. The maximum absolute atomic E-state index is 12.3. The first-order valence-electron chi connectivity index (χ1n) is 6.34. The average Bonchev–Trinajstić information content (AvgIpc) is 3.11. The van der Waals surface area contributed by atoms with Crippen molar-refractivity contribution in [3.8, 4) is 0 Å². The second-order valence-electron chi connectivity index (χ2n) is 5.03. The number of ether oxygens (including phenoxy) is 1. The number of hydrogen-bond donors (Lipinski definition) is 1. The molecule has 0 aliphatic heterocycles. The van der Waals surface area contributed by atoms with E-state index in [2.05, 4.69) is 28.5 Å². The van der Waals surface area contributed by atoms with Crippen LogP contribution in [0.15, 0.2) is 10.7 Å². The van der Waals surface area contributed by atoms with Crippen LogP contribution in [0.4, 0.5) is 0 Å². The maximum Gasteiger partial charge on any atom is 0.327 e. The van der Waals surface area contributed by atoms with Gasteiger partial charge in [0.05, 0.1) is 7.11 Å². The first-order chi connectivity index (χ1) is 9.08. The molecule has 1 aromatic heterocycles. The summed E-state index contributed by atoms with van der Waals surface area (Å²) in [6.45, 7) is 4.10. The molecule has 0 amide bonds. The summed E-state index contributed by atoms with van der Waals surface area (Å²) in [6, 6.07) is 0.231. The van der Waals surface area contributed by atoms with Crippen molar-refractivity contribution >= 4 is 29.3 Å². The molecule has 1 aromatic rings. The van der Waals surface area contributed by atoms with Gasteiger partial charge in [-0.15, -0.1) is 0 Å². The highest BCUT2D eigenvalue weighted by Crippen LogP contribution is 2.43. The monoisotopic (exact) mass is 301 g/mol. The van der Waals surface area contributed by atoms with Gasteiger partial charge in [-0.2, -0.15) is 4.37 Å². The van der Waals surface area contributed by atoms with Crippen LogP contribution in [0.3, 0.4) is 0 Å². The van der Waals surface area contributed by atoms with Crippen molar-refractivity contribution in [1.82, 2.24) is 14.7 Å². The summed E-state index contributed by atoms with van der Waals surface area (Å²) in [5.41, 5.74) is -0.598. The van der Waals surface area contributed by atoms with E-state index < -0.39 is 5.54 Å². The lowest BCUT2D eigenvalue weighted by Gasteiger charge is -2.33. The summed E-state index contributed by atoms with van der Waals surface area (Å²) in [5, 5.41) is 3.43. The Balaban J connectivity index is 2.13. The highest BCUT2D eigenvalue weighted by atomic mass is 32.2. The van der Waals surface area contributed by atoms with E-state index in [1.165, 1.54) is 18.6 Å². The highest BCUT2D eigenvalue weighted by molar-refractivity contribution is 8.01. The fraction of sp³-hybridized carbons (Fsp3) is 0.750. The van der Waals surface area contributed by atoms with E-state index in [0.29, 0.717) is 11.7 Å². The van der Waals surface area contributed by atoms with Gasteiger partial charge in [0.1, 0.15) is 11.9 Å². The minimum Gasteiger partial charge on any atom is -0.468 e. The number of esters is 1. The van der Waals surface area contributed by atoms with Gasteiger partial charge in [0.2, 0.25) is 0 Å². The number of nitrogens with zero attached hydrogens (tertiary/aromatic N) is 2. The molecular formula is C12H19N3O2S2. The molecule has 1 aliphatic carbocycles. The Labute approximate surface area is 121 Å². The first kappa shape index (κ1) is 14.7. The van der Waals surface area contributed by atoms with Crippen molar-refractivity contribution in [3.63, 3.8) is 0 Å². The molecular weight excluding hydrogens is 282 g/mol. The predicted octanol–water partition coefficient (Wildman–Crippen LogP) is 1.95. The lowest BCUT2D eigenvalue weighted by Crippen LogP contribution is -2.59. The van der Waals surface area contributed by atoms with Gasteiger partial charge >= 0.3 is 5.97 Å². The van der Waals surface area contributed by atoms with E-state index in [9.17, 15) is 4.79 Å². The fourth-order valence-electron chi connectivity index (χ4n) is 2.24. The first-order valence-corrected chi connectivity index (χ1v) is 8.10. The van der Waals surface area contributed by atoms with E-state index in [1.807, 2.05) is 0 Å². The van der Waals surface area contributed by atoms with Crippen molar-refractivity contribution < 1.29 is 9.53 Å². The van der Waals surface area contributed by atoms with Crippen molar-refractivity contribution in [2.45, 2.75) is 42.6 Å². The number of nitrogens with one attached hydrogen (secondary N) is 1. The number of carbonyl (C=O) groups excluding carboxylic acids is 1. The Kier molecular flexibility index (Phi) is 4.81. The molecule has 7 heteroatoms. The topological polar surface area (TPSA) is 64.1 Å². The molecule has 5 nitrogen and oxygen atoms in total. The molecule has 1 saturated carbocycles. The van der Waals surface area contributed by atoms with Crippen LogP contribution in [0.25, 0.3) is 0 Å². The third kappa shape index (κ3) is 3.46. The Morgan fingerprint density at radius 1 is 1.68 bits per heavy atom. The molecule has 1 heterocycles. The second-order valence-corrected chi connectivity index (χ2v) is 7.03. The van der Waals surface area contributed by atoms with Crippen LogP contribution in [0.5, 0.6) is 0 Å². The summed E-state index contributed by atoms with van der Waals surface area (Å²) in [6.07, 6.45) is 3.69. The molecule has 1 aliphatic rings. The Hall–Kier alpha value is -0.660. The lowest BCUT2D eigenvalue weighted by molar-refractivity contribution is -0.148. The van der Waals surface area contributed by atoms with Gasteiger partial charge in [-0.25, -0.2) is 4.98 Å². The molecule has 19 heavy (non-hydrogen) atoms. The molecule has 1 N–H and O–H groups in total. The molecule has 0 bridgehead atoms. The molecule has 1 fully saturated rings. The normalized spacial score (nSPS) is 18.3. The van der Waals surface area contributed by atoms with Gasteiger partial charge in [0.15, 0.2) is 4.34 Å². The zero-order valence-electron chi connectivity index (χ0n) is 11.4. The summed E-state index contributed by atoms with van der Waals surface area (Å²) in [7, 11) is 1.46. The Morgan fingerprint density at radius 2 is 2.42 bits per heavy atom. The summed E-state index contributed by atoms with van der Waals surface area (Å²) in [5.74, 6) is 0.834. The van der Waals surface area contributed by atoms with Crippen molar-refractivity contribution in [3.05, 3.63) is 6.33 Å². The number of thioether (sulfide) groups is 1. The SMILES string of the molecule is COC(=O)C(CSc1ncns1)(NC(C)C)C1CC1. The fourth-order valence-corrected chi connectivity index (χ4v) is 3.94. The van der Waals surface area contributed by atoms with Gasteiger partial charge in [-0.3, -0.25) is 10.1 Å². The van der Waals surface area contributed by atoms with Crippen molar-refractivity contribution in [2.24, 2.45) is 5.92 Å². The van der Waals surface area contributed by atoms with Gasteiger partial charge in [0, 0.05) is 11.8 Å². The standard InChI is InChI=1S/C12H19N3O2S2/c1-8(2)15-12(9-4-5-9,10(16)17-3)6-18-11-13-7-14-19-11/h7-9,15H,4-6H2,1-3H3. The number of carbonyl (C=O) groups is 1. The van der Waals surface area contributed by atoms with Crippen LogP contribution in [-0.4, -0.2) is 39.8 Å². The summed E-state index contributed by atoms with van der Waals surface area (Å²) in [4.78, 5) is 16.4. The number of hydrogen-bond acceptors (Lipinski definition) is 7. The molecule has 0 spiro atoms. The molecule has 1 unspecified atom stereocenters. The van der Waals surface area contributed by atoms with Crippen LogP contribution in [0, 0.1) is 5.92 Å². The predicted molar refractivity (Wildman–Crippen MR) is 76.4 cm³/mol. The third-order valence-corrected chi connectivity index (χ3v) is 5.13. The van der Waals surface area contributed by atoms with Gasteiger partial charge in [-0.05, 0) is 44.1 Å². The van der Waals surface area contributed by atoms with Crippen molar-refractivity contribution in [2.75, 3.05) is 12.9 Å². The maximum atomic E-state index is 12.3. The zero-order valence-corrected chi connectivity index (χ0v) is 13.0. The van der Waals surface area contributed by atoms with Crippen LogP contribution >= 0.6 is 23.3 Å². The summed E-state index contributed by atoms with van der Waals surface area (Å²) < 4.78 is 9.91. The number of aromatic nitrogens is 2. The molecule has 0 saturated heterocycles. The minimum absolute atomic E-state index is 0.166. The van der Waals surface area contributed by atoms with Crippen LogP contribution < -0.4 is 5.32 Å². The van der Waals surface area contributed by atoms with Crippen molar-refractivity contribution in [1.29, 1.82) is 0 Å². The van der Waals surface area contributed by atoms with E-state index in [0.717, 1.165) is 17.2 Å². The molecule has 106 valence electrons. The largest absolute Gasteiger partial charge is 0.468 e. The van der Waals surface area contributed by atoms with E-state index in [1.54, 1.807) is 18.1 Å². The molecule has 0 radical (unpaired) electrons. The van der Waals surface area contributed by atoms with Gasteiger partial charge in [0.25, 0.3) is 0 Å². The Bertz CT molecular complexity index is 421. The number of rotatable bonds is 7. The quantitative estimate of drug-likeness (QED) is 0.613. The van der Waals surface area contributed by atoms with Gasteiger partial charge in [-0.1, -0.05) is 11.8 Å². The lowest BCUT2D eigenvalue weighted by atomic mass is 9.94. The smallest absolute Gasteiger partial charge is 0.327 e. The van der Waals surface area contributed by atoms with Gasteiger partial charge < -0.3 is 4.74 Å². The van der Waals surface area contributed by atoms with Crippen LogP contribution in [0.1, 0.15) is 26.7 Å². The minimum atomic E-state index is -0.598. The second kappa shape index (κ2) is 6.19. The van der Waals surface area contributed by atoms with E-state index in [4.69, 9.17) is 4.74 Å². The third-order valence-electron chi connectivity index (χ3n) is 3.13. The van der Waals surface area contributed by atoms with E-state index >= 15 is 0 Å². The number of methoxy groups -OCH3 is 1. The Morgan fingerprint density at radius 3 is 2.89 bits per heavy atom. The summed E-state index contributed by atoms with van der Waals surface area (Å²) >= 11 is 2.93. The molecule has 2 rings (SSSR count). The van der Waals surface area contributed by atoms with Crippen LogP contribution in [-0.2, 0) is 9.53 Å². The average molecular weight is 301 g/mol. The zero-order chi connectivity index (χ0) is 13.9. The highest BCUT2D eigenvalue weighted by Gasteiger charge is 2.52. The van der Waals surface area contributed by atoms with E-state index in [-0.39, 0.29) is 12.0 Å².